The van der Waals surface area contributed by atoms with E-state index in [9.17, 15) is 0 Å². The number of rotatable bonds is 8. The zero-order chi connectivity index (χ0) is 22.6. The highest BCUT2D eigenvalue weighted by Gasteiger charge is 2.17. The third-order valence-electron chi connectivity index (χ3n) is 6.05. The van der Waals surface area contributed by atoms with Gasteiger partial charge >= 0.3 is 0 Å². The third-order valence-corrected chi connectivity index (χ3v) is 6.05. The highest BCUT2D eigenvalue weighted by molar-refractivity contribution is 5.91. The van der Waals surface area contributed by atoms with Crippen LogP contribution in [0.5, 0.6) is 5.75 Å². The summed E-state index contributed by atoms with van der Waals surface area (Å²) in [6.45, 7) is 8.05. The molecule has 0 bridgehead atoms. The van der Waals surface area contributed by atoms with Gasteiger partial charge in [0, 0.05) is 16.6 Å². The molecule has 0 unspecified atom stereocenters. The normalized spacial score (nSPS) is 11.8. The number of H-pyrrole nitrogens is 1. The van der Waals surface area contributed by atoms with Crippen molar-refractivity contribution in [2.24, 2.45) is 5.73 Å². The van der Waals surface area contributed by atoms with Gasteiger partial charge in [-0.3, -0.25) is 0 Å². The topological polar surface area (TPSA) is 51.0 Å². The van der Waals surface area contributed by atoms with E-state index in [1.54, 1.807) is 0 Å². The summed E-state index contributed by atoms with van der Waals surface area (Å²) in [5.41, 5.74) is 13.4. The smallest absolute Gasteiger partial charge is 0.120 e. The molecule has 4 aromatic rings. The molecule has 0 atom stereocenters. The molecular formula is C29H34N2O. The van der Waals surface area contributed by atoms with E-state index in [4.69, 9.17) is 10.5 Å². The van der Waals surface area contributed by atoms with Crippen LogP contribution in [0.2, 0.25) is 0 Å². The van der Waals surface area contributed by atoms with Crippen molar-refractivity contribution >= 4 is 10.9 Å². The van der Waals surface area contributed by atoms with Crippen LogP contribution in [-0.4, -0.2) is 11.5 Å². The van der Waals surface area contributed by atoms with Gasteiger partial charge in [-0.25, -0.2) is 0 Å². The minimum atomic E-state index is 0.147. The molecule has 4 rings (SSSR count). The molecule has 0 saturated carbocycles. The molecule has 0 aliphatic heterocycles. The first kappa shape index (κ1) is 22.2. The van der Waals surface area contributed by atoms with Gasteiger partial charge in [0.05, 0.1) is 0 Å². The number of hydrogen-bond acceptors (Lipinski definition) is 2. The fourth-order valence-electron chi connectivity index (χ4n) is 4.15. The summed E-state index contributed by atoms with van der Waals surface area (Å²) in [5, 5.41) is 1.24. The van der Waals surface area contributed by atoms with Crippen molar-refractivity contribution in [2.45, 2.75) is 52.1 Å². The van der Waals surface area contributed by atoms with Crippen LogP contribution < -0.4 is 10.5 Å². The molecule has 0 spiro atoms. The highest BCUT2D eigenvalue weighted by Crippen LogP contribution is 2.35. The lowest BCUT2D eigenvalue weighted by atomic mass is 9.86. The third kappa shape index (κ3) is 5.05. The van der Waals surface area contributed by atoms with Gasteiger partial charge in [-0.1, -0.05) is 75.4 Å². The minimum absolute atomic E-state index is 0.147. The summed E-state index contributed by atoms with van der Waals surface area (Å²) in [6, 6.07) is 25.6. The van der Waals surface area contributed by atoms with Gasteiger partial charge in [0.2, 0.25) is 0 Å². The van der Waals surface area contributed by atoms with Gasteiger partial charge in [0.1, 0.15) is 12.4 Å². The number of nitrogens with two attached hydrogens (primary N) is 1. The lowest BCUT2D eigenvalue weighted by Gasteiger charge is -2.19. The molecule has 32 heavy (non-hydrogen) atoms. The standard InChI is InChI=1S/C29H34N2O/c1-29(2,3)23-14-12-22(13-15-23)28-25(11-7-8-18-30)26-19-24(16-17-27(26)31-28)32-20-21-9-5-4-6-10-21/h4-6,9-10,12-17,19,31H,7-8,11,18,20,30H2,1-3H3. The molecule has 3 aromatic carbocycles. The molecule has 3 heteroatoms. The van der Waals surface area contributed by atoms with Gasteiger partial charge < -0.3 is 15.5 Å². The van der Waals surface area contributed by atoms with E-state index in [1.165, 1.54) is 33.3 Å². The first-order chi connectivity index (χ1) is 15.5. The number of unbranched alkanes of at least 4 members (excludes halogenated alkanes) is 1. The second kappa shape index (κ2) is 9.62. The quantitative estimate of drug-likeness (QED) is 0.298. The number of benzene rings is 3. The average molecular weight is 427 g/mol. The number of aromatic amines is 1. The SMILES string of the molecule is CC(C)(C)c1ccc(-c2[nH]c3ccc(OCc4ccccc4)cc3c2CCCCN)cc1. The molecule has 1 aromatic heterocycles. The number of ether oxygens (including phenoxy) is 1. The summed E-state index contributed by atoms with van der Waals surface area (Å²) >= 11 is 0. The fraction of sp³-hybridized carbons (Fsp3) is 0.310. The molecule has 0 aliphatic carbocycles. The van der Waals surface area contributed by atoms with E-state index < -0.39 is 0 Å². The lowest BCUT2D eigenvalue weighted by molar-refractivity contribution is 0.306. The molecule has 0 amide bonds. The Morgan fingerprint density at radius 1 is 0.875 bits per heavy atom. The predicted molar refractivity (Wildman–Crippen MR) is 135 cm³/mol. The summed E-state index contributed by atoms with van der Waals surface area (Å²) in [5.74, 6) is 0.898. The van der Waals surface area contributed by atoms with E-state index in [2.05, 4.69) is 80.4 Å². The van der Waals surface area contributed by atoms with Crippen LogP contribution in [0, 0.1) is 0 Å². The Balaban J connectivity index is 1.67. The van der Waals surface area contributed by atoms with Crippen LogP contribution in [-0.2, 0) is 18.4 Å². The Morgan fingerprint density at radius 3 is 2.31 bits per heavy atom. The van der Waals surface area contributed by atoms with Gasteiger partial charge in [-0.2, -0.15) is 0 Å². The zero-order valence-electron chi connectivity index (χ0n) is 19.4. The zero-order valence-corrected chi connectivity index (χ0v) is 19.4. The number of aryl methyl sites for hydroxylation is 1. The molecule has 0 fully saturated rings. The van der Waals surface area contributed by atoms with Crippen molar-refractivity contribution < 1.29 is 4.74 Å². The maximum absolute atomic E-state index is 6.12. The average Bonchev–Trinajstić information content (AvgIpc) is 3.16. The molecule has 3 nitrogen and oxygen atoms in total. The summed E-state index contributed by atoms with van der Waals surface area (Å²) in [6.07, 6.45) is 3.10. The van der Waals surface area contributed by atoms with E-state index in [1.807, 2.05) is 18.2 Å². The van der Waals surface area contributed by atoms with Crippen LogP contribution in [0.3, 0.4) is 0 Å². The van der Waals surface area contributed by atoms with Crippen LogP contribution in [0.15, 0.2) is 72.8 Å². The van der Waals surface area contributed by atoms with Gasteiger partial charge in [0.15, 0.2) is 0 Å². The van der Waals surface area contributed by atoms with Crippen molar-refractivity contribution in [3.8, 4) is 17.0 Å². The molecule has 1 heterocycles. The minimum Gasteiger partial charge on any atom is -0.489 e. The van der Waals surface area contributed by atoms with Crippen molar-refractivity contribution in [1.29, 1.82) is 0 Å². The van der Waals surface area contributed by atoms with Crippen LogP contribution in [0.4, 0.5) is 0 Å². The lowest BCUT2D eigenvalue weighted by Crippen LogP contribution is -2.10. The van der Waals surface area contributed by atoms with Gasteiger partial charge in [0.25, 0.3) is 0 Å². The van der Waals surface area contributed by atoms with Crippen LogP contribution in [0.1, 0.15) is 50.3 Å². The maximum atomic E-state index is 6.12. The van der Waals surface area contributed by atoms with Gasteiger partial charge in [-0.05, 0) is 71.7 Å². The summed E-state index contributed by atoms with van der Waals surface area (Å²) in [7, 11) is 0. The number of nitrogens with one attached hydrogen (secondary N) is 1. The monoisotopic (exact) mass is 426 g/mol. The van der Waals surface area contributed by atoms with E-state index in [-0.39, 0.29) is 5.41 Å². The first-order valence-electron chi connectivity index (χ1n) is 11.6. The van der Waals surface area contributed by atoms with Crippen molar-refractivity contribution in [2.75, 3.05) is 6.54 Å². The Morgan fingerprint density at radius 2 is 1.62 bits per heavy atom. The van der Waals surface area contributed by atoms with Crippen LogP contribution >= 0.6 is 0 Å². The summed E-state index contributed by atoms with van der Waals surface area (Å²) < 4.78 is 6.12. The Labute approximate surface area is 191 Å². The maximum Gasteiger partial charge on any atom is 0.120 e. The molecular weight excluding hydrogens is 392 g/mol. The van der Waals surface area contributed by atoms with Crippen molar-refractivity contribution in [1.82, 2.24) is 4.98 Å². The molecule has 0 aliphatic rings. The second-order valence-corrected chi connectivity index (χ2v) is 9.53. The molecule has 0 saturated heterocycles. The van der Waals surface area contributed by atoms with E-state index in [0.29, 0.717) is 6.61 Å². The largest absolute Gasteiger partial charge is 0.489 e. The first-order valence-corrected chi connectivity index (χ1v) is 11.6. The molecule has 166 valence electrons. The van der Waals surface area contributed by atoms with Gasteiger partial charge in [-0.15, -0.1) is 0 Å². The van der Waals surface area contributed by atoms with Crippen molar-refractivity contribution in [3.05, 3.63) is 89.5 Å². The fourth-order valence-corrected chi connectivity index (χ4v) is 4.15. The van der Waals surface area contributed by atoms with Crippen molar-refractivity contribution in [3.63, 3.8) is 0 Å². The van der Waals surface area contributed by atoms with Crippen LogP contribution in [0.25, 0.3) is 22.2 Å². The summed E-state index contributed by atoms with van der Waals surface area (Å²) in [4.78, 5) is 3.68. The molecule has 3 N–H and O–H groups in total. The highest BCUT2D eigenvalue weighted by atomic mass is 16.5. The number of hydrogen-bond donors (Lipinski definition) is 2. The second-order valence-electron chi connectivity index (χ2n) is 9.53. The number of aromatic nitrogens is 1. The Kier molecular flexibility index (Phi) is 6.66. The van der Waals surface area contributed by atoms with E-state index in [0.717, 1.165) is 37.1 Å². The Hall–Kier alpha value is -3.04. The Bertz CT molecular complexity index is 1150. The molecule has 0 radical (unpaired) electrons. The predicted octanol–water partition coefficient (Wildman–Crippen LogP) is 6.99. The van der Waals surface area contributed by atoms with E-state index >= 15 is 0 Å². The number of fused-ring (bicyclic) bond motifs is 1.